The second-order valence-corrected chi connectivity index (χ2v) is 5.71. The molecule has 0 atom stereocenters. The largest absolute Gasteiger partial charge is 0.300 e. The van der Waals surface area contributed by atoms with E-state index in [0.717, 1.165) is 39.2 Å². The number of carbonyl (C=O) groups excluding carboxylic acids is 1. The van der Waals surface area contributed by atoms with E-state index in [2.05, 4.69) is 11.1 Å². The molecule has 0 fully saturated rings. The van der Waals surface area contributed by atoms with Gasteiger partial charge in [-0.3, -0.25) is 9.20 Å². The van der Waals surface area contributed by atoms with Crippen molar-refractivity contribution in [1.29, 1.82) is 0 Å². The first-order valence-electron chi connectivity index (χ1n) is 7.53. The molecule has 0 saturated heterocycles. The van der Waals surface area contributed by atoms with Crippen LogP contribution in [0.4, 0.5) is 0 Å². The maximum Gasteiger partial charge on any atom is 0.194 e. The Labute approximate surface area is 132 Å². The maximum absolute atomic E-state index is 12.7. The van der Waals surface area contributed by atoms with E-state index >= 15 is 0 Å². The summed E-state index contributed by atoms with van der Waals surface area (Å²) in [6.07, 6.45) is 3.84. The third-order valence-corrected chi connectivity index (χ3v) is 4.44. The number of pyridine rings is 1. The summed E-state index contributed by atoms with van der Waals surface area (Å²) in [7, 11) is 0. The molecule has 23 heavy (non-hydrogen) atoms. The van der Waals surface area contributed by atoms with Crippen molar-refractivity contribution in [2.75, 3.05) is 0 Å². The average Bonchev–Trinajstić information content (AvgIpc) is 3.15. The van der Waals surface area contributed by atoms with Gasteiger partial charge in [-0.25, -0.2) is 4.98 Å². The minimum atomic E-state index is 0.103. The number of ketones is 1. The van der Waals surface area contributed by atoms with E-state index in [-0.39, 0.29) is 5.78 Å². The van der Waals surface area contributed by atoms with Crippen LogP contribution in [0.1, 0.15) is 15.9 Å². The van der Waals surface area contributed by atoms with Crippen LogP contribution < -0.4 is 0 Å². The molecule has 1 aliphatic rings. The first-order chi connectivity index (χ1) is 11.3. The zero-order valence-electron chi connectivity index (χ0n) is 12.2. The summed E-state index contributed by atoms with van der Waals surface area (Å²) in [6, 6.07) is 19.8. The lowest BCUT2D eigenvalue weighted by atomic mass is 10.0. The second kappa shape index (κ2) is 4.40. The average molecular weight is 296 g/mol. The van der Waals surface area contributed by atoms with Crippen LogP contribution in [0, 0.1) is 0 Å². The van der Waals surface area contributed by atoms with Crippen molar-refractivity contribution >= 4 is 11.4 Å². The van der Waals surface area contributed by atoms with Gasteiger partial charge in [0.25, 0.3) is 0 Å². The summed E-state index contributed by atoms with van der Waals surface area (Å²) in [4.78, 5) is 17.1. The highest BCUT2D eigenvalue weighted by molar-refractivity contribution is 6.22. The van der Waals surface area contributed by atoms with E-state index in [9.17, 15) is 4.79 Å². The standard InChI is InChI=1S/C20H12N2O/c23-20-16-6-2-1-5-14(16)15-9-8-13(11-17(15)20)18-12-21-19-7-3-4-10-22(18)19/h1-12H. The van der Waals surface area contributed by atoms with Gasteiger partial charge in [-0.2, -0.15) is 0 Å². The Morgan fingerprint density at radius 2 is 1.57 bits per heavy atom. The first kappa shape index (κ1) is 12.4. The lowest BCUT2D eigenvalue weighted by Gasteiger charge is -2.05. The quantitative estimate of drug-likeness (QED) is 0.464. The molecule has 5 rings (SSSR count). The van der Waals surface area contributed by atoms with Crippen molar-refractivity contribution in [3.8, 4) is 22.4 Å². The van der Waals surface area contributed by atoms with Crippen molar-refractivity contribution in [2.45, 2.75) is 0 Å². The van der Waals surface area contributed by atoms with Crippen molar-refractivity contribution in [3.05, 3.63) is 84.2 Å². The lowest BCUT2D eigenvalue weighted by molar-refractivity contribution is 0.104. The number of nitrogens with zero attached hydrogens (tertiary/aromatic N) is 2. The fourth-order valence-electron chi connectivity index (χ4n) is 3.33. The van der Waals surface area contributed by atoms with E-state index in [1.807, 2.05) is 71.4 Å². The molecule has 1 aliphatic carbocycles. The van der Waals surface area contributed by atoms with Crippen molar-refractivity contribution in [2.24, 2.45) is 0 Å². The second-order valence-electron chi connectivity index (χ2n) is 5.71. The summed E-state index contributed by atoms with van der Waals surface area (Å²) >= 11 is 0. The number of hydrogen-bond acceptors (Lipinski definition) is 2. The summed E-state index contributed by atoms with van der Waals surface area (Å²) in [6.45, 7) is 0. The highest BCUT2D eigenvalue weighted by atomic mass is 16.1. The first-order valence-corrected chi connectivity index (χ1v) is 7.53. The van der Waals surface area contributed by atoms with E-state index < -0.39 is 0 Å². The molecule has 3 heteroatoms. The molecule has 3 nitrogen and oxygen atoms in total. The summed E-state index contributed by atoms with van der Waals surface area (Å²) < 4.78 is 2.04. The van der Waals surface area contributed by atoms with Crippen LogP contribution in [0.2, 0.25) is 0 Å². The van der Waals surface area contributed by atoms with E-state index in [1.165, 1.54) is 0 Å². The van der Waals surface area contributed by atoms with Gasteiger partial charge in [0.1, 0.15) is 5.65 Å². The summed E-state index contributed by atoms with van der Waals surface area (Å²) in [5.74, 6) is 0.103. The van der Waals surface area contributed by atoms with Gasteiger partial charge in [-0.05, 0) is 29.3 Å². The Hall–Kier alpha value is -3.20. The minimum absolute atomic E-state index is 0.103. The molecule has 0 saturated carbocycles. The SMILES string of the molecule is O=C1c2ccccc2-c2ccc(-c3cnc4ccccn34)cc21. The number of imidazole rings is 1. The Morgan fingerprint density at radius 1 is 0.783 bits per heavy atom. The smallest absolute Gasteiger partial charge is 0.194 e. The highest BCUT2D eigenvalue weighted by Gasteiger charge is 2.26. The van der Waals surface area contributed by atoms with Crippen LogP contribution >= 0.6 is 0 Å². The molecule has 0 unspecified atom stereocenters. The maximum atomic E-state index is 12.7. The third-order valence-electron chi connectivity index (χ3n) is 4.44. The molecule has 108 valence electrons. The van der Waals surface area contributed by atoms with Gasteiger partial charge in [-0.15, -0.1) is 0 Å². The fraction of sp³-hybridized carbons (Fsp3) is 0. The summed E-state index contributed by atoms with van der Waals surface area (Å²) in [5, 5.41) is 0. The van der Waals surface area contributed by atoms with Gasteiger partial charge in [0, 0.05) is 22.9 Å². The van der Waals surface area contributed by atoms with Crippen LogP contribution in [0.15, 0.2) is 73.1 Å². The fourth-order valence-corrected chi connectivity index (χ4v) is 3.33. The van der Waals surface area contributed by atoms with Crippen LogP contribution in [-0.4, -0.2) is 15.2 Å². The van der Waals surface area contributed by atoms with Crippen molar-refractivity contribution in [3.63, 3.8) is 0 Å². The van der Waals surface area contributed by atoms with Crippen molar-refractivity contribution in [1.82, 2.24) is 9.38 Å². The van der Waals surface area contributed by atoms with Crippen molar-refractivity contribution < 1.29 is 4.79 Å². The van der Waals surface area contributed by atoms with Gasteiger partial charge in [0.15, 0.2) is 5.78 Å². The predicted molar refractivity (Wildman–Crippen MR) is 89.5 cm³/mol. The Bertz CT molecular complexity index is 1090. The molecule has 2 aromatic carbocycles. The van der Waals surface area contributed by atoms with Crippen LogP contribution in [0.3, 0.4) is 0 Å². The number of benzene rings is 2. The minimum Gasteiger partial charge on any atom is -0.300 e. The molecule has 2 heterocycles. The Morgan fingerprint density at radius 3 is 2.48 bits per heavy atom. The van der Waals surface area contributed by atoms with E-state index in [0.29, 0.717) is 0 Å². The van der Waals surface area contributed by atoms with Gasteiger partial charge < -0.3 is 0 Å². The van der Waals surface area contributed by atoms with Crippen LogP contribution in [0.5, 0.6) is 0 Å². The van der Waals surface area contributed by atoms with Crippen LogP contribution in [-0.2, 0) is 0 Å². The Kier molecular flexibility index (Phi) is 2.36. The predicted octanol–water partition coefficient (Wildman–Crippen LogP) is 4.21. The normalized spacial score (nSPS) is 12.4. The molecule has 0 radical (unpaired) electrons. The number of fused-ring (bicyclic) bond motifs is 4. The Balaban J connectivity index is 1.73. The lowest BCUT2D eigenvalue weighted by Crippen LogP contribution is -1.95. The number of rotatable bonds is 1. The van der Waals surface area contributed by atoms with Gasteiger partial charge in [0.2, 0.25) is 0 Å². The third kappa shape index (κ3) is 1.64. The van der Waals surface area contributed by atoms with E-state index in [4.69, 9.17) is 0 Å². The monoisotopic (exact) mass is 296 g/mol. The summed E-state index contributed by atoms with van der Waals surface area (Å²) in [5.41, 5.74) is 6.50. The topological polar surface area (TPSA) is 34.4 Å². The zero-order valence-corrected chi connectivity index (χ0v) is 12.2. The van der Waals surface area contributed by atoms with E-state index in [1.54, 1.807) is 0 Å². The van der Waals surface area contributed by atoms with Gasteiger partial charge >= 0.3 is 0 Å². The number of carbonyl (C=O) groups is 1. The molecule has 4 aromatic rings. The molecular formula is C20H12N2O. The number of aromatic nitrogens is 2. The number of hydrogen-bond donors (Lipinski definition) is 0. The van der Waals surface area contributed by atoms with Crippen LogP contribution in [0.25, 0.3) is 28.0 Å². The molecule has 0 aliphatic heterocycles. The molecular weight excluding hydrogens is 284 g/mol. The highest BCUT2D eigenvalue weighted by Crippen LogP contribution is 2.38. The molecule has 2 aromatic heterocycles. The zero-order chi connectivity index (χ0) is 15.4. The molecule has 0 N–H and O–H groups in total. The molecule has 0 amide bonds. The molecule has 0 spiro atoms. The van der Waals surface area contributed by atoms with Gasteiger partial charge in [-0.1, -0.05) is 42.5 Å². The van der Waals surface area contributed by atoms with Gasteiger partial charge in [0.05, 0.1) is 11.9 Å². The molecule has 0 bridgehead atoms.